The molecule has 2 N–H and O–H groups in total. The van der Waals surface area contributed by atoms with Crippen LogP contribution in [0.25, 0.3) is 0 Å². The normalized spacial score (nSPS) is 18.5. The third-order valence-corrected chi connectivity index (χ3v) is 4.09. The van der Waals surface area contributed by atoms with E-state index in [2.05, 4.69) is 49.9 Å². The highest BCUT2D eigenvalue weighted by Gasteiger charge is 2.26. The van der Waals surface area contributed by atoms with Gasteiger partial charge < -0.3 is 5.73 Å². The van der Waals surface area contributed by atoms with Crippen LogP contribution < -0.4 is 5.73 Å². The van der Waals surface area contributed by atoms with E-state index in [4.69, 9.17) is 18.0 Å². The van der Waals surface area contributed by atoms with Gasteiger partial charge in [0.2, 0.25) is 0 Å². The molecule has 2 rings (SSSR count). The Bertz CT molecular complexity index is 439. The summed E-state index contributed by atoms with van der Waals surface area (Å²) in [6, 6.07) is 8.88. The van der Waals surface area contributed by atoms with Crippen molar-refractivity contribution in [2.75, 3.05) is 13.1 Å². The number of likely N-dealkylation sites (tertiary alicyclic amines) is 1. The van der Waals surface area contributed by atoms with Crippen LogP contribution in [0.5, 0.6) is 0 Å². The van der Waals surface area contributed by atoms with E-state index in [-0.39, 0.29) is 11.5 Å². The van der Waals surface area contributed by atoms with Crippen LogP contribution in [0.1, 0.15) is 50.8 Å². The standard InChI is InChI=1S/C16H24N2S/c1-16(2,3)13-8-6-12(7-9-13)14(15(17)19)18-10-4-5-11-18/h6-9,14H,4-5,10-11H2,1-3H3,(H2,17,19). The van der Waals surface area contributed by atoms with Crippen molar-refractivity contribution in [3.63, 3.8) is 0 Å². The number of rotatable bonds is 3. The molecule has 1 fully saturated rings. The SMILES string of the molecule is CC(C)(C)c1ccc(C(C(N)=S)N2CCCC2)cc1. The average Bonchev–Trinajstić information content (AvgIpc) is 2.82. The Morgan fingerprint density at radius 1 is 1.16 bits per heavy atom. The predicted octanol–water partition coefficient (Wildman–Crippen LogP) is 3.41. The number of nitrogens with zero attached hydrogens (tertiary/aromatic N) is 1. The minimum Gasteiger partial charge on any atom is -0.392 e. The van der Waals surface area contributed by atoms with Crippen molar-refractivity contribution in [3.05, 3.63) is 35.4 Å². The third kappa shape index (κ3) is 3.34. The molecule has 1 aromatic carbocycles. The number of hydrogen-bond acceptors (Lipinski definition) is 2. The van der Waals surface area contributed by atoms with Gasteiger partial charge in [-0.3, -0.25) is 4.90 Å². The number of hydrogen-bond donors (Lipinski definition) is 1. The number of nitrogens with two attached hydrogens (primary N) is 1. The van der Waals surface area contributed by atoms with E-state index < -0.39 is 0 Å². The molecular weight excluding hydrogens is 252 g/mol. The molecule has 0 bridgehead atoms. The molecule has 3 heteroatoms. The van der Waals surface area contributed by atoms with E-state index in [1.54, 1.807) is 0 Å². The zero-order valence-corrected chi connectivity index (χ0v) is 13.0. The lowest BCUT2D eigenvalue weighted by molar-refractivity contribution is 0.305. The van der Waals surface area contributed by atoms with Gasteiger partial charge in [-0.25, -0.2) is 0 Å². The van der Waals surface area contributed by atoms with Crippen LogP contribution in [0.3, 0.4) is 0 Å². The first-order chi connectivity index (χ1) is 8.89. The van der Waals surface area contributed by atoms with Crippen LogP contribution in [-0.2, 0) is 5.41 Å². The maximum Gasteiger partial charge on any atom is 0.0948 e. The van der Waals surface area contributed by atoms with Crippen LogP contribution in [0.2, 0.25) is 0 Å². The Balaban J connectivity index is 2.25. The summed E-state index contributed by atoms with van der Waals surface area (Å²) < 4.78 is 0. The van der Waals surface area contributed by atoms with Crippen LogP contribution in [0, 0.1) is 0 Å². The molecule has 1 saturated heterocycles. The molecule has 0 aromatic heterocycles. The Morgan fingerprint density at radius 2 is 1.68 bits per heavy atom. The van der Waals surface area contributed by atoms with Crippen LogP contribution >= 0.6 is 12.2 Å². The van der Waals surface area contributed by atoms with Crippen molar-refractivity contribution < 1.29 is 0 Å². The lowest BCUT2D eigenvalue weighted by Crippen LogP contribution is -2.35. The van der Waals surface area contributed by atoms with Gasteiger partial charge in [0.1, 0.15) is 0 Å². The molecule has 0 amide bonds. The minimum absolute atomic E-state index is 0.103. The fourth-order valence-electron chi connectivity index (χ4n) is 2.72. The Morgan fingerprint density at radius 3 is 2.11 bits per heavy atom. The summed E-state index contributed by atoms with van der Waals surface area (Å²) in [5, 5.41) is 0. The molecule has 0 aliphatic carbocycles. The summed E-state index contributed by atoms with van der Waals surface area (Å²) in [4.78, 5) is 2.99. The van der Waals surface area contributed by atoms with E-state index in [1.807, 2.05) is 0 Å². The average molecular weight is 276 g/mol. The van der Waals surface area contributed by atoms with Crippen LogP contribution in [-0.4, -0.2) is 23.0 Å². The van der Waals surface area contributed by atoms with E-state index >= 15 is 0 Å². The highest BCUT2D eigenvalue weighted by molar-refractivity contribution is 7.80. The monoisotopic (exact) mass is 276 g/mol. The summed E-state index contributed by atoms with van der Waals surface area (Å²) in [7, 11) is 0. The summed E-state index contributed by atoms with van der Waals surface area (Å²) >= 11 is 5.28. The zero-order chi connectivity index (χ0) is 14.0. The summed E-state index contributed by atoms with van der Waals surface area (Å²) in [6.45, 7) is 8.89. The molecular formula is C16H24N2S. The molecule has 0 radical (unpaired) electrons. The second kappa shape index (κ2) is 5.59. The van der Waals surface area contributed by atoms with Gasteiger partial charge in [0, 0.05) is 0 Å². The first-order valence-electron chi connectivity index (χ1n) is 7.03. The van der Waals surface area contributed by atoms with Gasteiger partial charge in [-0.2, -0.15) is 0 Å². The highest BCUT2D eigenvalue weighted by Crippen LogP contribution is 2.28. The van der Waals surface area contributed by atoms with Crippen molar-refractivity contribution in [1.29, 1.82) is 0 Å². The van der Waals surface area contributed by atoms with E-state index in [0.29, 0.717) is 4.99 Å². The van der Waals surface area contributed by atoms with E-state index in [1.165, 1.54) is 24.0 Å². The van der Waals surface area contributed by atoms with E-state index in [0.717, 1.165) is 13.1 Å². The van der Waals surface area contributed by atoms with Crippen molar-refractivity contribution >= 4 is 17.2 Å². The van der Waals surface area contributed by atoms with Gasteiger partial charge in [0.05, 0.1) is 11.0 Å². The summed E-state index contributed by atoms with van der Waals surface area (Å²) in [5.41, 5.74) is 8.72. The molecule has 19 heavy (non-hydrogen) atoms. The lowest BCUT2D eigenvalue weighted by atomic mass is 9.86. The molecule has 1 aliphatic heterocycles. The molecule has 1 atom stereocenters. The van der Waals surface area contributed by atoms with E-state index in [9.17, 15) is 0 Å². The molecule has 2 nitrogen and oxygen atoms in total. The van der Waals surface area contributed by atoms with Crippen molar-refractivity contribution in [3.8, 4) is 0 Å². The second-order valence-corrected chi connectivity index (χ2v) is 6.89. The molecule has 0 saturated carbocycles. The molecule has 0 spiro atoms. The maximum atomic E-state index is 5.96. The fraction of sp³-hybridized carbons (Fsp3) is 0.562. The molecule has 1 heterocycles. The molecule has 1 unspecified atom stereocenters. The fourth-order valence-corrected chi connectivity index (χ4v) is 3.01. The zero-order valence-electron chi connectivity index (χ0n) is 12.1. The second-order valence-electron chi connectivity index (χ2n) is 6.42. The Kier molecular flexibility index (Phi) is 4.26. The number of thiocarbonyl (C=S) groups is 1. The first-order valence-corrected chi connectivity index (χ1v) is 7.44. The smallest absolute Gasteiger partial charge is 0.0948 e. The largest absolute Gasteiger partial charge is 0.392 e. The van der Waals surface area contributed by atoms with Gasteiger partial charge in [0.25, 0.3) is 0 Å². The van der Waals surface area contributed by atoms with Gasteiger partial charge >= 0.3 is 0 Å². The van der Waals surface area contributed by atoms with Crippen LogP contribution in [0.4, 0.5) is 0 Å². The topological polar surface area (TPSA) is 29.3 Å². The molecule has 104 valence electrons. The van der Waals surface area contributed by atoms with Crippen molar-refractivity contribution in [2.45, 2.75) is 45.1 Å². The van der Waals surface area contributed by atoms with Gasteiger partial charge in [-0.15, -0.1) is 0 Å². The third-order valence-electron chi connectivity index (χ3n) is 3.87. The van der Waals surface area contributed by atoms with Crippen molar-refractivity contribution in [2.24, 2.45) is 5.73 Å². The van der Waals surface area contributed by atoms with Crippen LogP contribution in [0.15, 0.2) is 24.3 Å². The van der Waals surface area contributed by atoms with Crippen molar-refractivity contribution in [1.82, 2.24) is 4.90 Å². The van der Waals surface area contributed by atoms with Gasteiger partial charge in [-0.1, -0.05) is 57.3 Å². The highest BCUT2D eigenvalue weighted by atomic mass is 32.1. The summed E-state index contributed by atoms with van der Waals surface area (Å²) in [5.74, 6) is 0. The Labute approximate surface area is 122 Å². The minimum atomic E-state index is 0.103. The molecule has 1 aliphatic rings. The maximum absolute atomic E-state index is 5.96. The lowest BCUT2D eigenvalue weighted by Gasteiger charge is -2.27. The first kappa shape index (κ1) is 14.5. The molecule has 1 aromatic rings. The van der Waals surface area contributed by atoms with Gasteiger partial charge in [0.15, 0.2) is 0 Å². The predicted molar refractivity (Wildman–Crippen MR) is 85.5 cm³/mol. The quantitative estimate of drug-likeness (QED) is 0.858. The summed E-state index contributed by atoms with van der Waals surface area (Å²) in [6.07, 6.45) is 2.50. The number of benzene rings is 1. The Hall–Kier alpha value is -0.930. The van der Waals surface area contributed by atoms with Gasteiger partial charge in [-0.05, 0) is 42.5 Å².